The molecule has 3 aliphatic rings. The van der Waals surface area contributed by atoms with Gasteiger partial charge < -0.3 is 24.8 Å². The number of aryl methyl sites for hydroxylation is 6. The number of hydrogen-bond donors (Lipinski definition) is 0. The Hall–Kier alpha value is -1.63. The molecule has 0 radical (unpaired) electrons. The van der Waals surface area contributed by atoms with Crippen molar-refractivity contribution in [2.24, 2.45) is 0 Å². The zero-order valence-electron chi connectivity index (χ0n) is 33.4. The molecule has 3 aliphatic carbocycles. The maximum atomic E-state index is 2.49. The van der Waals surface area contributed by atoms with Gasteiger partial charge in [-0.2, -0.15) is 0 Å². The van der Waals surface area contributed by atoms with Crippen LogP contribution in [-0.4, -0.2) is 30.7 Å². The SMILES string of the molecule is C1CCC(P(C2CCCCC2)C2CCCCC2)CC1.Cc1cc(C)c(-n2ccn(-c3c(C)cc(C)cc3C)[c]2=[Ru+2]=[CH]Cc2ccccc2)c(C)c1.[Cl-].[Cl-]. The van der Waals surface area contributed by atoms with Gasteiger partial charge in [0.05, 0.1) is 0 Å². The van der Waals surface area contributed by atoms with Crippen LogP contribution in [0.2, 0.25) is 0 Å². The second kappa shape index (κ2) is 21.6. The van der Waals surface area contributed by atoms with E-state index in [9.17, 15) is 0 Å². The van der Waals surface area contributed by atoms with Crippen LogP contribution in [0.4, 0.5) is 0 Å². The molecule has 0 unspecified atom stereocenters. The van der Waals surface area contributed by atoms with Gasteiger partial charge in [-0.1, -0.05) is 65.7 Å². The smallest absolute Gasteiger partial charge is 1.00 e. The normalized spacial score (nSPS) is 17.0. The monoisotopic (exact) mass is 860 g/mol. The zero-order chi connectivity index (χ0) is 35.7. The fraction of sp³-hybridized carbons (Fsp3) is 0.532. The zero-order valence-corrected chi connectivity index (χ0v) is 37.6. The third kappa shape index (κ3) is 11.5. The molecule has 3 aromatic carbocycles. The summed E-state index contributed by atoms with van der Waals surface area (Å²) >= 11 is -0.102. The number of halogens is 2. The van der Waals surface area contributed by atoms with Gasteiger partial charge in [-0.15, -0.1) is 0 Å². The molecule has 0 bridgehead atoms. The Morgan fingerprint density at radius 1 is 0.547 bits per heavy atom. The molecule has 6 heteroatoms. The molecule has 2 nitrogen and oxygen atoms in total. The molecule has 1 aromatic heterocycles. The predicted molar refractivity (Wildman–Crippen MR) is 221 cm³/mol. The van der Waals surface area contributed by atoms with Crippen LogP contribution in [0, 0.1) is 45.6 Å². The molecule has 0 N–H and O–H groups in total. The van der Waals surface area contributed by atoms with Crippen molar-refractivity contribution in [3.05, 3.63) is 110 Å². The second-order valence-electron chi connectivity index (χ2n) is 16.0. The average Bonchev–Trinajstić information content (AvgIpc) is 3.52. The van der Waals surface area contributed by atoms with Crippen LogP contribution < -0.4 is 24.8 Å². The molecule has 0 amide bonds. The van der Waals surface area contributed by atoms with E-state index in [1.807, 2.05) is 0 Å². The number of benzene rings is 3. The Morgan fingerprint density at radius 2 is 0.906 bits per heavy atom. The third-order valence-corrected chi connectivity index (χ3v) is 17.9. The Kier molecular flexibility index (Phi) is 18.0. The summed E-state index contributed by atoms with van der Waals surface area (Å²) in [5, 5.41) is 0. The molecular formula is C47H65Cl2N2PRu. The van der Waals surface area contributed by atoms with Gasteiger partial charge >= 0.3 is 199 Å². The van der Waals surface area contributed by atoms with E-state index in [2.05, 4.69) is 122 Å². The van der Waals surface area contributed by atoms with Gasteiger partial charge in [0.15, 0.2) is 0 Å². The van der Waals surface area contributed by atoms with Crippen LogP contribution in [0.3, 0.4) is 0 Å². The molecule has 4 aromatic rings. The van der Waals surface area contributed by atoms with Crippen LogP contribution in [0.1, 0.15) is 135 Å². The molecule has 0 atom stereocenters. The van der Waals surface area contributed by atoms with E-state index < -0.39 is 0 Å². The van der Waals surface area contributed by atoms with Gasteiger partial charge in [-0.05, 0) is 55.5 Å². The number of hydrogen-bond acceptors (Lipinski definition) is 0. The maximum Gasteiger partial charge on any atom is -1.00 e. The minimum Gasteiger partial charge on any atom is -1.00 e. The van der Waals surface area contributed by atoms with Crippen molar-refractivity contribution in [2.75, 3.05) is 0 Å². The number of nitrogens with zero attached hydrogens (tertiary/aromatic N) is 2. The first kappa shape index (κ1) is 44.1. The minimum atomic E-state index is -0.102. The van der Waals surface area contributed by atoms with Gasteiger partial charge in [-0.3, -0.25) is 0 Å². The topological polar surface area (TPSA) is 9.86 Å². The fourth-order valence-electron chi connectivity index (χ4n) is 9.73. The second-order valence-corrected chi connectivity index (χ2v) is 21.1. The van der Waals surface area contributed by atoms with Crippen molar-refractivity contribution in [3.8, 4) is 11.4 Å². The Labute approximate surface area is 343 Å². The summed E-state index contributed by atoms with van der Waals surface area (Å²) in [6.45, 7) is 13.3. The standard InChI is InChI=1S/C21H24N2.C18H33P.C8H8.2ClH.Ru/c1-14-9-16(3)20(17(4)10-14)22-7-8-23(13-22)21-18(5)11-15(2)12-19(21)6;1-4-10-16(11-5-1)19(17-12-6-2-7-13-17)18-14-8-3-9-15-18;1-2-8-6-4-3-5-7-8;;;/h7-12H,1-6H3;16-18H,1-15H2;1,3-7H,2H2;2*1H;/q;;;;;+2/p-2. The van der Waals surface area contributed by atoms with Crippen LogP contribution in [0.15, 0.2) is 67.0 Å². The first-order valence-corrected chi connectivity index (χ1v) is 23.8. The summed E-state index contributed by atoms with van der Waals surface area (Å²) in [6, 6.07) is 19.9. The van der Waals surface area contributed by atoms with E-state index in [1.54, 1.807) is 77.0 Å². The van der Waals surface area contributed by atoms with Crippen LogP contribution in [0.5, 0.6) is 0 Å². The van der Waals surface area contributed by atoms with Crippen molar-refractivity contribution in [2.45, 2.75) is 161 Å². The third-order valence-electron chi connectivity index (χ3n) is 11.8. The Bertz CT molecular complexity index is 1670. The molecule has 0 saturated heterocycles. The number of aromatic nitrogens is 2. The van der Waals surface area contributed by atoms with Crippen LogP contribution in [0.25, 0.3) is 11.4 Å². The van der Waals surface area contributed by atoms with Crippen molar-refractivity contribution in [1.29, 1.82) is 0 Å². The molecule has 0 spiro atoms. The fourth-order valence-corrected chi connectivity index (χ4v) is 16.4. The van der Waals surface area contributed by atoms with Crippen LogP contribution in [-0.2, 0) is 22.6 Å². The summed E-state index contributed by atoms with van der Waals surface area (Å²) in [6.07, 6.45) is 29.1. The summed E-state index contributed by atoms with van der Waals surface area (Å²) in [5.74, 6) is 0. The van der Waals surface area contributed by atoms with Gasteiger partial charge in [0, 0.05) is 0 Å². The summed E-state index contributed by atoms with van der Waals surface area (Å²) in [5.41, 5.74) is 15.5. The number of imidazole rings is 1. The van der Waals surface area contributed by atoms with Crippen molar-refractivity contribution in [1.82, 2.24) is 9.13 Å². The summed E-state index contributed by atoms with van der Waals surface area (Å²) in [7, 11) is 0.385. The van der Waals surface area contributed by atoms with E-state index in [4.69, 9.17) is 0 Å². The van der Waals surface area contributed by atoms with Crippen molar-refractivity contribution >= 4 is 12.5 Å². The Balaban J connectivity index is 0.000000256. The quantitative estimate of drug-likeness (QED) is 0.137. The summed E-state index contributed by atoms with van der Waals surface area (Å²) in [4.78, 5) is 0. The minimum absolute atomic E-state index is 0. The van der Waals surface area contributed by atoms with Gasteiger partial charge in [0.2, 0.25) is 0 Å². The van der Waals surface area contributed by atoms with E-state index in [0.29, 0.717) is 7.92 Å². The number of rotatable bonds is 7. The molecule has 1 heterocycles. The van der Waals surface area contributed by atoms with Crippen molar-refractivity contribution in [3.63, 3.8) is 0 Å². The van der Waals surface area contributed by atoms with E-state index in [-0.39, 0.29) is 41.0 Å². The molecule has 290 valence electrons. The van der Waals surface area contributed by atoms with Crippen LogP contribution >= 0.6 is 7.92 Å². The average molecular weight is 861 g/mol. The van der Waals surface area contributed by atoms with Gasteiger partial charge in [-0.25, -0.2) is 0 Å². The Morgan fingerprint density at radius 3 is 1.26 bits per heavy atom. The predicted octanol–water partition coefficient (Wildman–Crippen LogP) is 7.25. The summed E-state index contributed by atoms with van der Waals surface area (Å²) < 4.78 is 8.73. The molecule has 3 fully saturated rings. The largest absolute Gasteiger partial charge is 1.00 e. The maximum absolute atomic E-state index is 2.49. The van der Waals surface area contributed by atoms with E-state index >= 15 is 0 Å². The molecular weight excluding hydrogens is 795 g/mol. The molecule has 3 saturated carbocycles. The molecule has 53 heavy (non-hydrogen) atoms. The van der Waals surface area contributed by atoms with E-state index in [0.717, 1.165) is 6.42 Å². The van der Waals surface area contributed by atoms with E-state index in [1.165, 1.54) is 90.6 Å². The van der Waals surface area contributed by atoms with Gasteiger partial charge in [0.1, 0.15) is 0 Å². The van der Waals surface area contributed by atoms with Crippen molar-refractivity contribution < 1.29 is 41.0 Å². The first-order valence-electron chi connectivity index (χ1n) is 20.3. The molecule has 0 aliphatic heterocycles. The first-order chi connectivity index (χ1) is 24.8. The molecule has 7 rings (SSSR count). The van der Waals surface area contributed by atoms with Gasteiger partial charge in [0.25, 0.3) is 0 Å².